The molecule has 0 spiro atoms. The van der Waals surface area contributed by atoms with Crippen molar-refractivity contribution in [2.45, 2.75) is 45.3 Å². The zero-order valence-electron chi connectivity index (χ0n) is 11.5. The molecule has 0 aliphatic heterocycles. The van der Waals surface area contributed by atoms with Gasteiger partial charge < -0.3 is 4.74 Å². The predicted molar refractivity (Wildman–Crippen MR) is 69.1 cm³/mol. The molecule has 1 aromatic rings. The number of nitrogens with one attached hydrogen (secondary N) is 1. The van der Waals surface area contributed by atoms with Crippen LogP contribution in [-0.4, -0.2) is 12.3 Å². The SMILES string of the molecule is CCCC(C)(C)NCOc1ccc(C(F)(F)F)cc1. The van der Waals surface area contributed by atoms with Crippen LogP contribution in [0.4, 0.5) is 13.2 Å². The lowest BCUT2D eigenvalue weighted by Gasteiger charge is -2.25. The smallest absolute Gasteiger partial charge is 0.416 e. The highest BCUT2D eigenvalue weighted by molar-refractivity contribution is 5.28. The normalized spacial score (nSPS) is 12.5. The summed E-state index contributed by atoms with van der Waals surface area (Å²) < 4.78 is 42.5. The second-order valence-electron chi connectivity index (χ2n) is 5.12. The first kappa shape index (κ1) is 15.8. The number of halogens is 3. The summed E-state index contributed by atoms with van der Waals surface area (Å²) >= 11 is 0. The monoisotopic (exact) mass is 275 g/mol. The van der Waals surface area contributed by atoms with E-state index in [0.717, 1.165) is 25.0 Å². The van der Waals surface area contributed by atoms with Crippen LogP contribution in [0, 0.1) is 0 Å². The molecule has 1 aromatic carbocycles. The van der Waals surface area contributed by atoms with Crippen LogP contribution < -0.4 is 10.1 Å². The van der Waals surface area contributed by atoms with Crippen molar-refractivity contribution in [3.05, 3.63) is 29.8 Å². The van der Waals surface area contributed by atoms with Gasteiger partial charge in [0.05, 0.1) is 5.56 Å². The van der Waals surface area contributed by atoms with Crippen LogP contribution in [0.3, 0.4) is 0 Å². The Balaban J connectivity index is 2.47. The van der Waals surface area contributed by atoms with Gasteiger partial charge in [-0.15, -0.1) is 0 Å². The van der Waals surface area contributed by atoms with E-state index in [0.29, 0.717) is 5.75 Å². The summed E-state index contributed by atoms with van der Waals surface area (Å²) in [6.45, 7) is 6.50. The van der Waals surface area contributed by atoms with Gasteiger partial charge >= 0.3 is 6.18 Å². The topological polar surface area (TPSA) is 21.3 Å². The third-order valence-electron chi connectivity index (χ3n) is 2.85. The highest BCUT2D eigenvalue weighted by Crippen LogP contribution is 2.30. The van der Waals surface area contributed by atoms with Crippen molar-refractivity contribution in [2.75, 3.05) is 6.73 Å². The van der Waals surface area contributed by atoms with Crippen LogP contribution in [0.25, 0.3) is 0 Å². The molecule has 0 fully saturated rings. The Labute approximate surface area is 112 Å². The standard InChI is InChI=1S/C14H20F3NO/c1-4-9-13(2,3)18-10-19-12-7-5-11(6-8-12)14(15,16)17/h5-8,18H,4,9-10H2,1-3H3. The Morgan fingerprint density at radius 2 is 1.68 bits per heavy atom. The average Bonchev–Trinajstić information content (AvgIpc) is 2.28. The molecule has 19 heavy (non-hydrogen) atoms. The maximum atomic E-state index is 12.4. The molecule has 0 aromatic heterocycles. The highest BCUT2D eigenvalue weighted by atomic mass is 19.4. The van der Waals surface area contributed by atoms with Gasteiger partial charge in [-0.05, 0) is 44.5 Å². The van der Waals surface area contributed by atoms with E-state index in [1.807, 2.05) is 0 Å². The van der Waals surface area contributed by atoms with Crippen LogP contribution in [0.2, 0.25) is 0 Å². The van der Waals surface area contributed by atoms with Gasteiger partial charge in [-0.2, -0.15) is 13.2 Å². The molecule has 2 nitrogen and oxygen atoms in total. The number of rotatable bonds is 6. The van der Waals surface area contributed by atoms with Crippen molar-refractivity contribution in [3.8, 4) is 5.75 Å². The van der Waals surface area contributed by atoms with Gasteiger partial charge in [-0.25, -0.2) is 0 Å². The fraction of sp³-hybridized carbons (Fsp3) is 0.571. The lowest BCUT2D eigenvalue weighted by Crippen LogP contribution is -2.41. The first-order chi connectivity index (χ1) is 8.74. The fourth-order valence-electron chi connectivity index (χ4n) is 1.77. The molecular weight excluding hydrogens is 255 g/mol. The summed E-state index contributed by atoms with van der Waals surface area (Å²) in [5.74, 6) is 0.424. The van der Waals surface area contributed by atoms with Crippen LogP contribution in [0.1, 0.15) is 39.2 Å². The Hall–Kier alpha value is -1.23. The molecule has 0 atom stereocenters. The second-order valence-corrected chi connectivity index (χ2v) is 5.12. The molecule has 0 amide bonds. The molecule has 108 valence electrons. The molecule has 0 aliphatic carbocycles. The molecule has 0 radical (unpaired) electrons. The van der Waals surface area contributed by atoms with Crippen LogP contribution in [0.15, 0.2) is 24.3 Å². The van der Waals surface area contributed by atoms with Crippen molar-refractivity contribution in [1.29, 1.82) is 0 Å². The maximum absolute atomic E-state index is 12.4. The van der Waals surface area contributed by atoms with E-state index in [4.69, 9.17) is 4.74 Å². The molecule has 5 heteroatoms. The number of alkyl halides is 3. The van der Waals surface area contributed by atoms with E-state index in [9.17, 15) is 13.2 Å². The van der Waals surface area contributed by atoms with Gasteiger partial charge in [0.1, 0.15) is 12.5 Å². The third kappa shape index (κ3) is 5.51. The van der Waals surface area contributed by atoms with Gasteiger partial charge in [-0.1, -0.05) is 13.3 Å². The molecule has 1 N–H and O–H groups in total. The summed E-state index contributed by atoms with van der Waals surface area (Å²) in [5.41, 5.74) is -0.708. The summed E-state index contributed by atoms with van der Waals surface area (Å²) in [5, 5.41) is 3.21. The predicted octanol–water partition coefficient (Wildman–Crippen LogP) is 4.21. The summed E-state index contributed by atoms with van der Waals surface area (Å²) in [7, 11) is 0. The zero-order chi connectivity index (χ0) is 14.5. The van der Waals surface area contributed by atoms with Crippen molar-refractivity contribution >= 4 is 0 Å². The lowest BCUT2D eigenvalue weighted by atomic mass is 10.00. The van der Waals surface area contributed by atoms with E-state index in [1.165, 1.54) is 12.1 Å². The van der Waals surface area contributed by atoms with Gasteiger partial charge in [0.15, 0.2) is 0 Å². The van der Waals surface area contributed by atoms with E-state index < -0.39 is 11.7 Å². The van der Waals surface area contributed by atoms with E-state index >= 15 is 0 Å². The van der Waals surface area contributed by atoms with Gasteiger partial charge in [0.25, 0.3) is 0 Å². The molecule has 1 rings (SSSR count). The Kier molecular flexibility index (Phi) is 5.23. The van der Waals surface area contributed by atoms with E-state index in [1.54, 1.807) is 0 Å². The largest absolute Gasteiger partial charge is 0.478 e. The summed E-state index contributed by atoms with van der Waals surface area (Å²) in [6, 6.07) is 4.70. The molecule has 0 aliphatic rings. The Bertz CT molecular complexity index is 385. The number of hydrogen-bond donors (Lipinski definition) is 1. The summed E-state index contributed by atoms with van der Waals surface area (Å²) in [6.07, 6.45) is -2.25. The Morgan fingerprint density at radius 3 is 2.16 bits per heavy atom. The van der Waals surface area contributed by atoms with Crippen molar-refractivity contribution in [1.82, 2.24) is 5.32 Å². The van der Waals surface area contributed by atoms with Gasteiger partial charge in [-0.3, -0.25) is 5.32 Å². The quantitative estimate of drug-likeness (QED) is 0.785. The molecule has 0 bridgehead atoms. The third-order valence-corrected chi connectivity index (χ3v) is 2.85. The minimum atomic E-state index is -4.31. The maximum Gasteiger partial charge on any atom is 0.416 e. The van der Waals surface area contributed by atoms with Crippen LogP contribution in [-0.2, 0) is 6.18 Å². The molecule has 0 saturated carbocycles. The number of ether oxygens (including phenoxy) is 1. The van der Waals surface area contributed by atoms with Crippen molar-refractivity contribution < 1.29 is 17.9 Å². The van der Waals surface area contributed by atoms with Crippen molar-refractivity contribution in [2.24, 2.45) is 0 Å². The van der Waals surface area contributed by atoms with E-state index in [-0.39, 0.29) is 12.3 Å². The van der Waals surface area contributed by atoms with Crippen molar-refractivity contribution in [3.63, 3.8) is 0 Å². The molecule has 0 heterocycles. The highest BCUT2D eigenvalue weighted by Gasteiger charge is 2.30. The lowest BCUT2D eigenvalue weighted by molar-refractivity contribution is -0.137. The van der Waals surface area contributed by atoms with Crippen LogP contribution >= 0.6 is 0 Å². The first-order valence-corrected chi connectivity index (χ1v) is 6.30. The minimum absolute atomic E-state index is 0.0410. The number of benzene rings is 1. The first-order valence-electron chi connectivity index (χ1n) is 6.30. The fourth-order valence-corrected chi connectivity index (χ4v) is 1.77. The molecule has 0 unspecified atom stereocenters. The number of hydrogen-bond acceptors (Lipinski definition) is 2. The second kappa shape index (κ2) is 6.28. The summed E-state index contributed by atoms with van der Waals surface area (Å²) in [4.78, 5) is 0. The molecule has 0 saturated heterocycles. The van der Waals surface area contributed by atoms with Crippen LogP contribution in [0.5, 0.6) is 5.75 Å². The average molecular weight is 275 g/mol. The Morgan fingerprint density at radius 1 is 1.11 bits per heavy atom. The van der Waals surface area contributed by atoms with Gasteiger partial charge in [0.2, 0.25) is 0 Å². The van der Waals surface area contributed by atoms with E-state index in [2.05, 4.69) is 26.1 Å². The van der Waals surface area contributed by atoms with Gasteiger partial charge in [0, 0.05) is 5.54 Å². The molecular formula is C14H20F3NO. The zero-order valence-corrected chi connectivity index (χ0v) is 11.5. The minimum Gasteiger partial charge on any atom is -0.478 e.